The van der Waals surface area contributed by atoms with Gasteiger partial charge in [-0.25, -0.2) is 0 Å². The van der Waals surface area contributed by atoms with Crippen LogP contribution in [-0.4, -0.2) is 31.1 Å². The zero-order chi connectivity index (χ0) is 13.2. The standard InChI is InChI=1S/C16H26N2/c1-13-6-7-15(10-14(13)2)11-17-12-16(18(3)4)8-5-9-16/h6-7,10,17H,5,8-9,11-12H2,1-4H3. The van der Waals surface area contributed by atoms with Crippen LogP contribution in [0, 0.1) is 13.8 Å². The lowest BCUT2D eigenvalue weighted by Gasteiger charge is -2.47. The Hall–Kier alpha value is -0.860. The molecule has 100 valence electrons. The molecule has 1 aromatic rings. The van der Waals surface area contributed by atoms with Crippen LogP contribution in [0.3, 0.4) is 0 Å². The maximum Gasteiger partial charge on any atom is 0.0328 e. The second kappa shape index (κ2) is 5.41. The Bertz CT molecular complexity index is 406. The molecule has 1 aromatic carbocycles. The molecule has 2 rings (SSSR count). The van der Waals surface area contributed by atoms with Crippen molar-refractivity contribution in [2.45, 2.75) is 45.2 Å². The number of nitrogens with zero attached hydrogens (tertiary/aromatic N) is 1. The smallest absolute Gasteiger partial charge is 0.0328 e. The molecule has 1 N–H and O–H groups in total. The van der Waals surface area contributed by atoms with Gasteiger partial charge in [0.25, 0.3) is 0 Å². The van der Waals surface area contributed by atoms with Gasteiger partial charge in [-0.15, -0.1) is 0 Å². The van der Waals surface area contributed by atoms with E-state index in [9.17, 15) is 0 Å². The number of likely N-dealkylation sites (N-methyl/N-ethyl adjacent to an activating group) is 1. The fourth-order valence-electron chi connectivity index (χ4n) is 2.72. The summed E-state index contributed by atoms with van der Waals surface area (Å²) in [5.74, 6) is 0. The normalized spacial score (nSPS) is 17.8. The van der Waals surface area contributed by atoms with Gasteiger partial charge in [-0.2, -0.15) is 0 Å². The fraction of sp³-hybridized carbons (Fsp3) is 0.625. The van der Waals surface area contributed by atoms with Crippen molar-refractivity contribution in [1.29, 1.82) is 0 Å². The number of hydrogen-bond donors (Lipinski definition) is 1. The van der Waals surface area contributed by atoms with Crippen LogP contribution < -0.4 is 5.32 Å². The van der Waals surface area contributed by atoms with E-state index in [0.29, 0.717) is 5.54 Å². The number of nitrogens with one attached hydrogen (secondary N) is 1. The van der Waals surface area contributed by atoms with Crippen molar-refractivity contribution >= 4 is 0 Å². The van der Waals surface area contributed by atoms with Gasteiger partial charge in [-0.1, -0.05) is 18.2 Å². The van der Waals surface area contributed by atoms with Gasteiger partial charge in [0, 0.05) is 18.6 Å². The third-order valence-electron chi connectivity index (χ3n) is 4.59. The molecule has 0 aliphatic heterocycles. The van der Waals surface area contributed by atoms with Crippen LogP contribution in [0.1, 0.15) is 36.0 Å². The van der Waals surface area contributed by atoms with Crippen LogP contribution in [0.25, 0.3) is 0 Å². The highest BCUT2D eigenvalue weighted by Gasteiger charge is 2.38. The van der Waals surface area contributed by atoms with Crippen LogP contribution in [0.4, 0.5) is 0 Å². The Labute approximate surface area is 111 Å². The topological polar surface area (TPSA) is 15.3 Å². The van der Waals surface area contributed by atoms with Crippen molar-refractivity contribution in [3.05, 3.63) is 34.9 Å². The monoisotopic (exact) mass is 246 g/mol. The van der Waals surface area contributed by atoms with E-state index in [2.05, 4.69) is 56.4 Å². The summed E-state index contributed by atoms with van der Waals surface area (Å²) in [4.78, 5) is 2.39. The summed E-state index contributed by atoms with van der Waals surface area (Å²) in [6.45, 7) is 6.44. The Morgan fingerprint density at radius 3 is 2.39 bits per heavy atom. The van der Waals surface area contributed by atoms with Crippen molar-refractivity contribution in [3.8, 4) is 0 Å². The Morgan fingerprint density at radius 1 is 1.17 bits per heavy atom. The molecule has 2 nitrogen and oxygen atoms in total. The fourth-order valence-corrected chi connectivity index (χ4v) is 2.72. The Balaban J connectivity index is 1.86. The third kappa shape index (κ3) is 2.76. The number of rotatable bonds is 5. The second-order valence-corrected chi connectivity index (χ2v) is 5.99. The number of hydrogen-bond acceptors (Lipinski definition) is 2. The van der Waals surface area contributed by atoms with E-state index in [1.807, 2.05) is 0 Å². The molecular weight excluding hydrogens is 220 g/mol. The molecule has 1 aliphatic carbocycles. The first-order valence-electron chi connectivity index (χ1n) is 6.98. The van der Waals surface area contributed by atoms with E-state index in [1.54, 1.807) is 0 Å². The first-order valence-corrected chi connectivity index (χ1v) is 6.98. The molecule has 1 saturated carbocycles. The van der Waals surface area contributed by atoms with E-state index in [0.717, 1.165) is 13.1 Å². The molecular formula is C16H26N2. The van der Waals surface area contributed by atoms with Gasteiger partial charge in [-0.05, 0) is 63.9 Å². The first-order chi connectivity index (χ1) is 8.53. The van der Waals surface area contributed by atoms with Crippen LogP contribution in [0.5, 0.6) is 0 Å². The molecule has 1 aliphatic rings. The molecule has 0 spiro atoms. The number of benzene rings is 1. The molecule has 0 bridgehead atoms. The number of aryl methyl sites for hydroxylation is 2. The molecule has 0 atom stereocenters. The molecule has 0 unspecified atom stereocenters. The van der Waals surface area contributed by atoms with E-state index in [1.165, 1.54) is 36.0 Å². The predicted octanol–water partition coefficient (Wildman–Crippen LogP) is 2.88. The summed E-state index contributed by atoms with van der Waals surface area (Å²) in [6.07, 6.45) is 4.04. The lowest BCUT2D eigenvalue weighted by Crippen LogP contribution is -2.56. The second-order valence-electron chi connectivity index (χ2n) is 5.99. The van der Waals surface area contributed by atoms with Gasteiger partial charge in [-0.3, -0.25) is 0 Å². The van der Waals surface area contributed by atoms with E-state index in [4.69, 9.17) is 0 Å². The Morgan fingerprint density at radius 2 is 1.89 bits per heavy atom. The van der Waals surface area contributed by atoms with Crippen molar-refractivity contribution in [3.63, 3.8) is 0 Å². The molecule has 0 heterocycles. The summed E-state index contributed by atoms with van der Waals surface area (Å²) < 4.78 is 0. The minimum absolute atomic E-state index is 0.416. The van der Waals surface area contributed by atoms with Gasteiger partial charge in [0.2, 0.25) is 0 Å². The van der Waals surface area contributed by atoms with Crippen molar-refractivity contribution in [2.75, 3.05) is 20.6 Å². The van der Waals surface area contributed by atoms with Crippen molar-refractivity contribution < 1.29 is 0 Å². The highest BCUT2D eigenvalue weighted by Crippen LogP contribution is 2.35. The minimum Gasteiger partial charge on any atom is -0.311 e. The summed E-state index contributed by atoms with van der Waals surface area (Å²) in [7, 11) is 4.41. The zero-order valence-corrected chi connectivity index (χ0v) is 12.2. The lowest BCUT2D eigenvalue weighted by molar-refractivity contribution is 0.0598. The SMILES string of the molecule is Cc1ccc(CNCC2(N(C)C)CCC2)cc1C. The van der Waals surface area contributed by atoms with Crippen LogP contribution in [-0.2, 0) is 6.54 Å². The molecule has 2 heteroatoms. The van der Waals surface area contributed by atoms with Crippen LogP contribution >= 0.6 is 0 Å². The average molecular weight is 246 g/mol. The largest absolute Gasteiger partial charge is 0.311 e. The molecule has 0 amide bonds. The van der Waals surface area contributed by atoms with Gasteiger partial charge >= 0.3 is 0 Å². The van der Waals surface area contributed by atoms with Gasteiger partial charge < -0.3 is 10.2 Å². The van der Waals surface area contributed by atoms with Gasteiger partial charge in [0.05, 0.1) is 0 Å². The molecule has 0 radical (unpaired) electrons. The van der Waals surface area contributed by atoms with Crippen molar-refractivity contribution in [2.24, 2.45) is 0 Å². The molecule has 18 heavy (non-hydrogen) atoms. The maximum atomic E-state index is 3.63. The molecule has 0 saturated heterocycles. The average Bonchev–Trinajstić information content (AvgIpc) is 2.26. The summed E-state index contributed by atoms with van der Waals surface area (Å²) in [5.41, 5.74) is 4.58. The van der Waals surface area contributed by atoms with Crippen LogP contribution in [0.15, 0.2) is 18.2 Å². The van der Waals surface area contributed by atoms with E-state index < -0.39 is 0 Å². The highest BCUT2D eigenvalue weighted by molar-refractivity contribution is 5.29. The first kappa shape index (κ1) is 13.6. The summed E-state index contributed by atoms with van der Waals surface area (Å²) in [6, 6.07) is 6.75. The van der Waals surface area contributed by atoms with Gasteiger partial charge in [0.15, 0.2) is 0 Å². The maximum absolute atomic E-state index is 3.63. The zero-order valence-electron chi connectivity index (χ0n) is 12.2. The van der Waals surface area contributed by atoms with E-state index >= 15 is 0 Å². The summed E-state index contributed by atoms with van der Waals surface area (Å²) >= 11 is 0. The molecule has 1 fully saturated rings. The quantitative estimate of drug-likeness (QED) is 0.859. The third-order valence-corrected chi connectivity index (χ3v) is 4.59. The van der Waals surface area contributed by atoms with Crippen molar-refractivity contribution in [1.82, 2.24) is 10.2 Å². The summed E-state index contributed by atoms with van der Waals surface area (Å²) in [5, 5.41) is 3.63. The van der Waals surface area contributed by atoms with E-state index in [-0.39, 0.29) is 0 Å². The lowest BCUT2D eigenvalue weighted by atomic mass is 9.75. The van der Waals surface area contributed by atoms with Gasteiger partial charge in [0.1, 0.15) is 0 Å². The minimum atomic E-state index is 0.416. The van der Waals surface area contributed by atoms with Crippen LogP contribution in [0.2, 0.25) is 0 Å². The predicted molar refractivity (Wildman–Crippen MR) is 77.9 cm³/mol. The Kier molecular flexibility index (Phi) is 4.08. The molecule has 0 aromatic heterocycles. The highest BCUT2D eigenvalue weighted by atomic mass is 15.2.